The molecule has 0 unspecified atom stereocenters. The number of aromatic nitrogens is 1. The lowest BCUT2D eigenvalue weighted by atomic mass is 10.1. The van der Waals surface area contributed by atoms with Gasteiger partial charge in [0.05, 0.1) is 24.1 Å². The molecular weight excluding hydrogens is 350 g/mol. The van der Waals surface area contributed by atoms with Crippen LogP contribution in [0.5, 0.6) is 5.75 Å². The van der Waals surface area contributed by atoms with Crippen LogP contribution in [0.2, 0.25) is 5.02 Å². The third-order valence-corrected chi connectivity index (χ3v) is 4.53. The van der Waals surface area contributed by atoms with Gasteiger partial charge in [0.2, 0.25) is 0 Å². The van der Waals surface area contributed by atoms with E-state index in [9.17, 15) is 9.90 Å². The van der Waals surface area contributed by atoms with Gasteiger partial charge >= 0.3 is 5.97 Å². The molecule has 1 aromatic heterocycles. The number of rotatable bonds is 5. The highest BCUT2D eigenvalue weighted by Gasteiger charge is 2.18. The van der Waals surface area contributed by atoms with Crippen molar-refractivity contribution in [3.8, 4) is 5.75 Å². The first-order valence-corrected chi connectivity index (χ1v) is 9.00. The summed E-state index contributed by atoms with van der Waals surface area (Å²) in [5, 5.41) is 10.6. The molecule has 0 aliphatic rings. The highest BCUT2D eigenvalue weighted by atomic mass is 35.5. The van der Waals surface area contributed by atoms with Crippen LogP contribution in [0.15, 0.2) is 42.5 Å². The van der Waals surface area contributed by atoms with Crippen LogP contribution in [0.25, 0.3) is 10.9 Å². The van der Waals surface area contributed by atoms with Crippen molar-refractivity contribution < 1.29 is 14.6 Å². The summed E-state index contributed by atoms with van der Waals surface area (Å²) in [6, 6.07) is 13.7. The monoisotopic (exact) mass is 373 g/mol. The summed E-state index contributed by atoms with van der Waals surface area (Å²) in [7, 11) is 1.55. The largest absolute Gasteiger partial charge is 0.495 e. The van der Waals surface area contributed by atoms with Crippen LogP contribution in [-0.2, 0) is 17.8 Å². The van der Waals surface area contributed by atoms with E-state index in [1.54, 1.807) is 7.11 Å². The summed E-state index contributed by atoms with van der Waals surface area (Å²) in [5.41, 5.74) is 3.79. The number of nitrogens with zero attached hydrogens (tertiary/aromatic N) is 1. The number of carbonyl (C=O) groups is 1. The zero-order chi connectivity index (χ0) is 19.3. The minimum Gasteiger partial charge on any atom is -0.495 e. The number of halogens is 1. The van der Waals surface area contributed by atoms with Crippen molar-refractivity contribution >= 4 is 28.5 Å². The Morgan fingerprint density at radius 3 is 2.42 bits per heavy atom. The molecule has 0 aliphatic carbocycles. The zero-order valence-corrected chi connectivity index (χ0v) is 16.3. The SMILES string of the molecule is CC.COc1cc2c(CC(=O)O)c(C)n(Cc3ccccc3)c2cc1Cl. The van der Waals surface area contributed by atoms with Crippen LogP contribution in [0.3, 0.4) is 0 Å². The maximum Gasteiger partial charge on any atom is 0.307 e. The van der Waals surface area contributed by atoms with E-state index < -0.39 is 5.97 Å². The third-order valence-electron chi connectivity index (χ3n) is 4.24. The lowest BCUT2D eigenvalue weighted by Gasteiger charge is -2.10. The fourth-order valence-corrected chi connectivity index (χ4v) is 3.28. The number of aliphatic carboxylic acids is 1. The Morgan fingerprint density at radius 1 is 1.19 bits per heavy atom. The fraction of sp³-hybridized carbons (Fsp3) is 0.286. The highest BCUT2D eigenvalue weighted by molar-refractivity contribution is 6.32. The van der Waals surface area contributed by atoms with Crippen molar-refractivity contribution in [3.05, 3.63) is 64.3 Å². The van der Waals surface area contributed by atoms with Gasteiger partial charge in [0.15, 0.2) is 0 Å². The zero-order valence-electron chi connectivity index (χ0n) is 15.5. The minimum absolute atomic E-state index is 0.0328. The maximum atomic E-state index is 11.3. The topological polar surface area (TPSA) is 51.5 Å². The summed E-state index contributed by atoms with van der Waals surface area (Å²) in [6.45, 7) is 6.60. The summed E-state index contributed by atoms with van der Waals surface area (Å²) >= 11 is 6.29. The Balaban J connectivity index is 0.00000117. The van der Waals surface area contributed by atoms with Crippen LogP contribution >= 0.6 is 11.6 Å². The van der Waals surface area contributed by atoms with Gasteiger partial charge in [-0.1, -0.05) is 55.8 Å². The summed E-state index contributed by atoms with van der Waals surface area (Å²) < 4.78 is 7.40. The maximum absolute atomic E-state index is 11.3. The molecular formula is C21H24ClNO3. The second-order valence-electron chi connectivity index (χ2n) is 5.71. The molecule has 5 heteroatoms. The second kappa shape index (κ2) is 8.77. The van der Waals surface area contributed by atoms with E-state index in [0.717, 1.165) is 27.7 Å². The van der Waals surface area contributed by atoms with Crippen molar-refractivity contribution in [1.29, 1.82) is 0 Å². The standard InChI is InChI=1S/C19H18ClNO3.C2H6/c1-12-14(9-19(22)23)15-8-18(24-2)16(20)10-17(15)21(12)11-13-6-4-3-5-7-13;1-2/h3-8,10H,9,11H2,1-2H3,(H,22,23);1-2H3. The van der Waals surface area contributed by atoms with Gasteiger partial charge in [-0.05, 0) is 30.2 Å². The smallest absolute Gasteiger partial charge is 0.307 e. The quantitative estimate of drug-likeness (QED) is 0.659. The molecule has 2 aromatic carbocycles. The lowest BCUT2D eigenvalue weighted by molar-refractivity contribution is -0.136. The average Bonchev–Trinajstić information content (AvgIpc) is 2.88. The Morgan fingerprint density at radius 2 is 1.85 bits per heavy atom. The molecule has 138 valence electrons. The first kappa shape index (κ1) is 19.9. The predicted molar refractivity (Wildman–Crippen MR) is 106 cm³/mol. The number of hydrogen-bond acceptors (Lipinski definition) is 2. The van der Waals surface area contributed by atoms with Crippen LogP contribution in [0.4, 0.5) is 0 Å². The van der Waals surface area contributed by atoms with Crippen molar-refractivity contribution in [2.75, 3.05) is 7.11 Å². The number of carboxylic acids is 1. The fourth-order valence-electron chi connectivity index (χ4n) is 3.05. The molecule has 0 atom stereocenters. The van der Waals surface area contributed by atoms with E-state index in [-0.39, 0.29) is 6.42 Å². The molecule has 0 amide bonds. The number of hydrogen-bond donors (Lipinski definition) is 1. The molecule has 0 saturated heterocycles. The Labute approximate surface area is 159 Å². The first-order valence-electron chi connectivity index (χ1n) is 8.62. The Hall–Kier alpha value is -2.46. The molecule has 0 fully saturated rings. The van der Waals surface area contributed by atoms with Crippen molar-refractivity contribution in [3.63, 3.8) is 0 Å². The molecule has 1 heterocycles. The van der Waals surface area contributed by atoms with Gasteiger partial charge in [0.1, 0.15) is 5.75 Å². The highest BCUT2D eigenvalue weighted by Crippen LogP contribution is 2.35. The van der Waals surface area contributed by atoms with Crippen molar-refractivity contribution in [2.45, 2.75) is 33.7 Å². The average molecular weight is 374 g/mol. The summed E-state index contributed by atoms with van der Waals surface area (Å²) in [6.07, 6.45) is -0.0328. The molecule has 0 bridgehead atoms. The molecule has 3 rings (SSSR count). The van der Waals surface area contributed by atoms with E-state index in [1.807, 2.05) is 63.2 Å². The predicted octanol–water partition coefficient (Wildman–Crippen LogP) is 5.31. The molecule has 4 nitrogen and oxygen atoms in total. The van der Waals surface area contributed by atoms with Crippen LogP contribution in [0.1, 0.15) is 30.7 Å². The molecule has 0 saturated carbocycles. The molecule has 0 spiro atoms. The molecule has 3 aromatic rings. The Kier molecular flexibility index (Phi) is 6.70. The van der Waals surface area contributed by atoms with E-state index >= 15 is 0 Å². The second-order valence-corrected chi connectivity index (χ2v) is 6.12. The van der Waals surface area contributed by atoms with E-state index in [1.165, 1.54) is 0 Å². The molecule has 0 aliphatic heterocycles. The van der Waals surface area contributed by atoms with E-state index in [0.29, 0.717) is 17.3 Å². The van der Waals surface area contributed by atoms with E-state index in [4.69, 9.17) is 16.3 Å². The third kappa shape index (κ3) is 4.02. The van der Waals surface area contributed by atoms with Gasteiger partial charge in [-0.15, -0.1) is 0 Å². The molecule has 0 radical (unpaired) electrons. The molecule has 1 N–H and O–H groups in total. The van der Waals surface area contributed by atoms with Crippen LogP contribution in [0, 0.1) is 6.92 Å². The number of fused-ring (bicyclic) bond motifs is 1. The van der Waals surface area contributed by atoms with E-state index in [2.05, 4.69) is 4.57 Å². The number of carboxylic acid groups (broad SMARTS) is 1. The van der Waals surface area contributed by atoms with Gasteiger partial charge < -0.3 is 14.4 Å². The number of methoxy groups -OCH3 is 1. The van der Waals surface area contributed by atoms with Gasteiger partial charge in [-0.2, -0.15) is 0 Å². The van der Waals surface area contributed by atoms with Gasteiger partial charge in [0, 0.05) is 17.6 Å². The van der Waals surface area contributed by atoms with Crippen LogP contribution < -0.4 is 4.74 Å². The van der Waals surface area contributed by atoms with Crippen LogP contribution in [-0.4, -0.2) is 22.8 Å². The summed E-state index contributed by atoms with van der Waals surface area (Å²) in [4.78, 5) is 11.3. The summed E-state index contributed by atoms with van der Waals surface area (Å²) in [5.74, 6) is -0.307. The lowest BCUT2D eigenvalue weighted by Crippen LogP contribution is -2.05. The van der Waals surface area contributed by atoms with Crippen molar-refractivity contribution in [1.82, 2.24) is 4.57 Å². The number of ether oxygens (including phenoxy) is 1. The van der Waals surface area contributed by atoms with Gasteiger partial charge in [0.25, 0.3) is 0 Å². The van der Waals surface area contributed by atoms with Crippen molar-refractivity contribution in [2.24, 2.45) is 0 Å². The first-order chi connectivity index (χ1) is 12.5. The normalized spacial score (nSPS) is 10.3. The molecule has 26 heavy (non-hydrogen) atoms. The van der Waals surface area contributed by atoms with Gasteiger partial charge in [-0.3, -0.25) is 4.79 Å². The number of benzene rings is 2. The Bertz CT molecular complexity index is 901. The minimum atomic E-state index is -0.856. The van der Waals surface area contributed by atoms with Gasteiger partial charge in [-0.25, -0.2) is 0 Å².